The molecule has 0 aliphatic heterocycles. The minimum Gasteiger partial charge on any atom is -0.309 e. The smallest absolute Gasteiger partial charge is 0.309 e. The summed E-state index contributed by atoms with van der Waals surface area (Å²) in [6.07, 6.45) is -9.70. The Bertz CT molecular complexity index is 3790. The van der Waals surface area contributed by atoms with Crippen LogP contribution in [0.25, 0.3) is 111 Å². The second-order valence-electron chi connectivity index (χ2n) is 17.1. The Morgan fingerprint density at radius 3 is 1.20 bits per heavy atom. The Balaban J connectivity index is 1.23. The SMILES string of the molecule is FC(F)(F)c1ccccc1-c1cc(-c2nc(-c3ccccc3)cc(-c3ccccc3)n2)cc(-c2ccccc2C(F)(F)F)c1-n1c2ccccc2c2cc(-n3c4ccccc4c4ccccc43)ccc21. The van der Waals surface area contributed by atoms with Gasteiger partial charge in [0, 0.05) is 55.0 Å². The van der Waals surface area contributed by atoms with Crippen LogP contribution in [0.3, 0.4) is 0 Å². The van der Waals surface area contributed by atoms with Gasteiger partial charge >= 0.3 is 12.4 Å². The third kappa shape index (κ3) is 7.18. The van der Waals surface area contributed by atoms with E-state index in [1.165, 1.54) is 36.4 Å². The molecule has 0 spiro atoms. The quantitative estimate of drug-likeness (QED) is 0.149. The van der Waals surface area contributed by atoms with Crippen LogP contribution in [0.15, 0.2) is 218 Å². The molecule has 0 aliphatic carbocycles. The van der Waals surface area contributed by atoms with E-state index in [0.717, 1.165) is 61.5 Å². The highest BCUT2D eigenvalue weighted by atomic mass is 19.4. The summed E-state index contributed by atoms with van der Waals surface area (Å²) in [6.45, 7) is 0. The molecule has 12 aromatic rings. The Kier molecular flexibility index (Phi) is 10.0. The maximum Gasteiger partial charge on any atom is 0.417 e. The summed E-state index contributed by atoms with van der Waals surface area (Å²) < 4.78 is 96.9. The monoisotopic (exact) mass is 926 g/mol. The van der Waals surface area contributed by atoms with Crippen molar-refractivity contribution in [3.05, 3.63) is 230 Å². The number of alkyl halides is 6. The molecule has 70 heavy (non-hydrogen) atoms. The lowest BCUT2D eigenvalue weighted by Crippen LogP contribution is -2.11. The van der Waals surface area contributed by atoms with Gasteiger partial charge in [0.05, 0.1) is 50.3 Å². The van der Waals surface area contributed by atoms with Crippen molar-refractivity contribution in [3.63, 3.8) is 0 Å². The van der Waals surface area contributed by atoms with Crippen LogP contribution in [0.2, 0.25) is 0 Å². The molecule has 12 rings (SSSR count). The number of hydrogen-bond acceptors (Lipinski definition) is 2. The Morgan fingerprint density at radius 2 is 0.714 bits per heavy atom. The van der Waals surface area contributed by atoms with Gasteiger partial charge in [0.2, 0.25) is 0 Å². The van der Waals surface area contributed by atoms with Gasteiger partial charge in [0.1, 0.15) is 0 Å². The highest BCUT2D eigenvalue weighted by molar-refractivity contribution is 6.13. The Labute approximate surface area is 397 Å². The zero-order valence-electron chi connectivity index (χ0n) is 36.8. The summed E-state index contributed by atoms with van der Waals surface area (Å²) in [5.74, 6) is 0.112. The van der Waals surface area contributed by atoms with Gasteiger partial charge in [-0.1, -0.05) is 152 Å². The third-order valence-electron chi connectivity index (χ3n) is 13.0. The van der Waals surface area contributed by atoms with Crippen molar-refractivity contribution < 1.29 is 26.3 Å². The van der Waals surface area contributed by atoms with Crippen molar-refractivity contribution >= 4 is 43.6 Å². The van der Waals surface area contributed by atoms with Crippen molar-refractivity contribution in [1.82, 2.24) is 19.1 Å². The van der Waals surface area contributed by atoms with Crippen LogP contribution in [0.4, 0.5) is 26.3 Å². The summed E-state index contributed by atoms with van der Waals surface area (Å²) in [6, 6.07) is 63.7. The summed E-state index contributed by atoms with van der Waals surface area (Å²) in [4.78, 5) is 10.0. The number of fused-ring (bicyclic) bond motifs is 6. The zero-order chi connectivity index (χ0) is 47.7. The van der Waals surface area contributed by atoms with E-state index >= 15 is 26.3 Å². The highest BCUT2D eigenvalue weighted by Gasteiger charge is 2.37. The molecule has 0 amide bonds. The molecular formula is C60H36F6N4. The summed E-state index contributed by atoms with van der Waals surface area (Å²) in [7, 11) is 0. The van der Waals surface area contributed by atoms with Crippen LogP contribution in [0.1, 0.15) is 11.1 Å². The fourth-order valence-corrected chi connectivity index (χ4v) is 9.98. The first-order valence-corrected chi connectivity index (χ1v) is 22.5. The molecule has 0 atom stereocenters. The van der Waals surface area contributed by atoms with Crippen LogP contribution in [0.5, 0.6) is 0 Å². The van der Waals surface area contributed by atoms with Gasteiger partial charge in [-0.25, -0.2) is 9.97 Å². The predicted molar refractivity (Wildman–Crippen MR) is 268 cm³/mol. The summed E-state index contributed by atoms with van der Waals surface area (Å²) >= 11 is 0. The van der Waals surface area contributed by atoms with Crippen LogP contribution < -0.4 is 0 Å². The van der Waals surface area contributed by atoms with Gasteiger partial charge in [-0.2, -0.15) is 26.3 Å². The predicted octanol–water partition coefficient (Wildman–Crippen LogP) is 17.0. The van der Waals surface area contributed by atoms with E-state index in [1.54, 1.807) is 12.1 Å². The molecule has 0 radical (unpaired) electrons. The molecule has 3 heterocycles. The van der Waals surface area contributed by atoms with Gasteiger partial charge in [0.15, 0.2) is 5.82 Å². The molecule has 0 saturated heterocycles. The van der Waals surface area contributed by atoms with Crippen LogP contribution in [-0.2, 0) is 12.4 Å². The van der Waals surface area contributed by atoms with E-state index in [4.69, 9.17) is 9.97 Å². The van der Waals surface area contributed by atoms with Crippen LogP contribution in [-0.4, -0.2) is 19.1 Å². The molecule has 0 N–H and O–H groups in total. The highest BCUT2D eigenvalue weighted by Crippen LogP contribution is 2.49. The normalized spacial score (nSPS) is 12.1. The lowest BCUT2D eigenvalue weighted by atomic mass is 9.88. The lowest BCUT2D eigenvalue weighted by molar-refractivity contribution is -0.137. The van der Waals surface area contributed by atoms with Crippen molar-refractivity contribution in [2.24, 2.45) is 0 Å². The number of benzene rings is 9. The van der Waals surface area contributed by atoms with E-state index in [-0.39, 0.29) is 39.3 Å². The van der Waals surface area contributed by atoms with Crippen LogP contribution >= 0.6 is 0 Å². The van der Waals surface area contributed by atoms with Crippen molar-refractivity contribution in [1.29, 1.82) is 0 Å². The van der Waals surface area contributed by atoms with Gasteiger partial charge < -0.3 is 9.13 Å². The Hall–Kier alpha value is -8.76. The molecule has 10 heteroatoms. The number of hydrogen-bond donors (Lipinski definition) is 0. The molecule has 0 unspecified atom stereocenters. The first-order chi connectivity index (χ1) is 34.0. The topological polar surface area (TPSA) is 35.6 Å². The average molecular weight is 927 g/mol. The van der Waals surface area contributed by atoms with Crippen molar-refractivity contribution in [2.75, 3.05) is 0 Å². The maximum absolute atomic E-state index is 15.5. The van der Waals surface area contributed by atoms with Crippen molar-refractivity contribution in [2.45, 2.75) is 12.4 Å². The minimum atomic E-state index is -4.85. The minimum absolute atomic E-state index is 0.0292. The number of para-hydroxylation sites is 3. The molecule has 0 fully saturated rings. The first kappa shape index (κ1) is 42.6. The van der Waals surface area contributed by atoms with Crippen molar-refractivity contribution in [3.8, 4) is 67.5 Å². The second-order valence-corrected chi connectivity index (χ2v) is 17.1. The number of halogens is 6. The van der Waals surface area contributed by atoms with E-state index in [0.29, 0.717) is 22.4 Å². The number of aromatic nitrogens is 4. The maximum atomic E-state index is 15.5. The number of nitrogens with zero attached hydrogens (tertiary/aromatic N) is 4. The average Bonchev–Trinajstić information content (AvgIpc) is 3.90. The van der Waals surface area contributed by atoms with Crippen LogP contribution in [0, 0.1) is 0 Å². The fraction of sp³-hybridized carbons (Fsp3) is 0.0333. The fourth-order valence-electron chi connectivity index (χ4n) is 9.98. The largest absolute Gasteiger partial charge is 0.417 e. The van der Waals surface area contributed by atoms with E-state index in [1.807, 2.05) is 138 Å². The van der Waals surface area contributed by atoms with Gasteiger partial charge in [-0.05, 0) is 77.9 Å². The van der Waals surface area contributed by atoms with E-state index in [2.05, 4.69) is 28.8 Å². The third-order valence-corrected chi connectivity index (χ3v) is 13.0. The standard InChI is InChI=1S/C60H36F6N4/c61-59(62,63)49-26-12-7-21-41(49)47-33-39(58-67-51(37-17-3-1-4-18-37)36-52(68-58)38-19-5-2-6-20-38)34-48(42-22-8-13-27-50(42)60(64,65)66)57(47)70-55-30-16-11-25-45(55)46-35-40(31-32-56(46)70)69-53-28-14-9-23-43(53)44-24-10-15-29-54(44)69/h1-36H. The Morgan fingerprint density at radius 1 is 0.314 bits per heavy atom. The molecular weight excluding hydrogens is 891 g/mol. The molecule has 3 aromatic heterocycles. The lowest BCUT2D eigenvalue weighted by Gasteiger charge is -2.24. The first-order valence-electron chi connectivity index (χ1n) is 22.5. The molecule has 4 nitrogen and oxygen atoms in total. The zero-order valence-corrected chi connectivity index (χ0v) is 36.8. The molecule has 0 saturated carbocycles. The molecule has 338 valence electrons. The van der Waals surface area contributed by atoms with E-state index in [9.17, 15) is 0 Å². The molecule has 0 aliphatic rings. The van der Waals surface area contributed by atoms with Gasteiger partial charge in [-0.15, -0.1) is 0 Å². The molecule has 9 aromatic carbocycles. The second kappa shape index (κ2) is 16.5. The van der Waals surface area contributed by atoms with E-state index < -0.39 is 23.5 Å². The number of rotatable bonds is 7. The van der Waals surface area contributed by atoms with Gasteiger partial charge in [-0.3, -0.25) is 0 Å². The summed E-state index contributed by atoms with van der Waals surface area (Å²) in [5, 5.41) is 3.63. The van der Waals surface area contributed by atoms with Gasteiger partial charge in [0.25, 0.3) is 0 Å². The summed E-state index contributed by atoms with van der Waals surface area (Å²) in [5.41, 5.74) is 4.49. The molecule has 0 bridgehead atoms.